The minimum absolute atomic E-state index is 0.786. The standard InChI is InChI=1S/C12H24ClN/c1-11(2)7-9-14(10-8-13)12-5-3-4-6-12/h11-12H,3-10H2,1-2H3. The zero-order valence-corrected chi connectivity index (χ0v) is 10.4. The second kappa shape index (κ2) is 6.68. The summed E-state index contributed by atoms with van der Waals surface area (Å²) in [7, 11) is 0. The molecule has 0 N–H and O–H groups in total. The van der Waals surface area contributed by atoms with E-state index in [2.05, 4.69) is 18.7 Å². The van der Waals surface area contributed by atoms with Crippen LogP contribution in [0.1, 0.15) is 46.0 Å². The van der Waals surface area contributed by atoms with E-state index >= 15 is 0 Å². The van der Waals surface area contributed by atoms with Crippen molar-refractivity contribution in [3.05, 3.63) is 0 Å². The molecule has 0 heterocycles. The van der Waals surface area contributed by atoms with Crippen molar-refractivity contribution in [2.45, 2.75) is 52.0 Å². The van der Waals surface area contributed by atoms with Gasteiger partial charge in [0.15, 0.2) is 0 Å². The molecule has 14 heavy (non-hydrogen) atoms. The molecule has 84 valence electrons. The largest absolute Gasteiger partial charge is 0.299 e. The van der Waals surface area contributed by atoms with Gasteiger partial charge in [0, 0.05) is 18.5 Å². The van der Waals surface area contributed by atoms with Crippen molar-refractivity contribution in [1.82, 2.24) is 4.90 Å². The summed E-state index contributed by atoms with van der Waals surface area (Å²) in [6.07, 6.45) is 6.95. The van der Waals surface area contributed by atoms with E-state index < -0.39 is 0 Å². The van der Waals surface area contributed by atoms with Crippen LogP contribution >= 0.6 is 11.6 Å². The first kappa shape index (κ1) is 12.3. The fraction of sp³-hybridized carbons (Fsp3) is 1.00. The Kier molecular flexibility index (Phi) is 5.88. The van der Waals surface area contributed by atoms with E-state index in [1.165, 1.54) is 38.6 Å². The Labute approximate surface area is 93.8 Å². The molecule has 1 aliphatic carbocycles. The third kappa shape index (κ3) is 4.18. The molecule has 1 rings (SSSR count). The zero-order chi connectivity index (χ0) is 10.4. The summed E-state index contributed by atoms with van der Waals surface area (Å²) in [6, 6.07) is 0.840. The highest BCUT2D eigenvalue weighted by Crippen LogP contribution is 2.23. The molecule has 1 saturated carbocycles. The summed E-state index contributed by atoms with van der Waals surface area (Å²) in [5.74, 6) is 1.60. The van der Waals surface area contributed by atoms with Crippen LogP contribution in [0.5, 0.6) is 0 Å². The molecule has 0 aromatic heterocycles. The summed E-state index contributed by atoms with van der Waals surface area (Å²) in [6.45, 7) is 6.93. The van der Waals surface area contributed by atoms with Crippen LogP contribution in [0.4, 0.5) is 0 Å². The Morgan fingerprint density at radius 3 is 2.36 bits per heavy atom. The fourth-order valence-electron chi connectivity index (χ4n) is 2.28. The van der Waals surface area contributed by atoms with E-state index in [0.717, 1.165) is 24.4 Å². The van der Waals surface area contributed by atoms with Gasteiger partial charge in [0.1, 0.15) is 0 Å². The Balaban J connectivity index is 2.29. The summed E-state index contributed by atoms with van der Waals surface area (Å²) >= 11 is 5.85. The Morgan fingerprint density at radius 2 is 1.86 bits per heavy atom. The number of alkyl halides is 1. The molecule has 0 radical (unpaired) electrons. The van der Waals surface area contributed by atoms with Crippen molar-refractivity contribution in [2.75, 3.05) is 19.0 Å². The van der Waals surface area contributed by atoms with Crippen LogP contribution in [0, 0.1) is 5.92 Å². The molecule has 0 aromatic rings. The number of hydrogen-bond donors (Lipinski definition) is 0. The molecule has 1 fully saturated rings. The summed E-state index contributed by atoms with van der Waals surface area (Å²) < 4.78 is 0. The molecule has 0 aromatic carbocycles. The highest BCUT2D eigenvalue weighted by atomic mass is 35.5. The molecule has 0 spiro atoms. The van der Waals surface area contributed by atoms with Crippen LogP contribution in [-0.4, -0.2) is 29.9 Å². The molecule has 1 aliphatic rings. The van der Waals surface area contributed by atoms with Gasteiger partial charge in [-0.1, -0.05) is 26.7 Å². The topological polar surface area (TPSA) is 3.24 Å². The van der Waals surface area contributed by atoms with E-state index in [1.54, 1.807) is 0 Å². The van der Waals surface area contributed by atoms with E-state index in [-0.39, 0.29) is 0 Å². The van der Waals surface area contributed by atoms with Gasteiger partial charge in [-0.25, -0.2) is 0 Å². The van der Waals surface area contributed by atoms with Gasteiger partial charge in [-0.2, -0.15) is 0 Å². The van der Waals surface area contributed by atoms with Gasteiger partial charge in [0.25, 0.3) is 0 Å². The minimum atomic E-state index is 0.786. The van der Waals surface area contributed by atoms with Crippen LogP contribution in [-0.2, 0) is 0 Å². The lowest BCUT2D eigenvalue weighted by Crippen LogP contribution is -2.36. The van der Waals surface area contributed by atoms with Crippen molar-refractivity contribution in [2.24, 2.45) is 5.92 Å². The first-order chi connectivity index (χ1) is 6.74. The molecule has 0 unspecified atom stereocenters. The monoisotopic (exact) mass is 217 g/mol. The Hall–Kier alpha value is 0.250. The quantitative estimate of drug-likeness (QED) is 0.616. The fourth-order valence-corrected chi connectivity index (χ4v) is 2.50. The second-order valence-electron chi connectivity index (χ2n) is 4.85. The average molecular weight is 218 g/mol. The van der Waals surface area contributed by atoms with Gasteiger partial charge in [-0.05, 0) is 31.7 Å². The molecule has 0 amide bonds. The molecular weight excluding hydrogens is 194 g/mol. The van der Waals surface area contributed by atoms with Gasteiger partial charge >= 0.3 is 0 Å². The summed E-state index contributed by atoms with van der Waals surface area (Å²) in [5.41, 5.74) is 0. The lowest BCUT2D eigenvalue weighted by atomic mass is 10.1. The molecule has 0 aliphatic heterocycles. The summed E-state index contributed by atoms with van der Waals surface area (Å²) in [4.78, 5) is 2.61. The third-order valence-electron chi connectivity index (χ3n) is 3.21. The Bertz CT molecular complexity index is 141. The number of rotatable bonds is 6. The van der Waals surface area contributed by atoms with Crippen molar-refractivity contribution >= 4 is 11.6 Å². The van der Waals surface area contributed by atoms with E-state index in [9.17, 15) is 0 Å². The number of halogens is 1. The van der Waals surface area contributed by atoms with E-state index in [0.29, 0.717) is 0 Å². The van der Waals surface area contributed by atoms with Crippen molar-refractivity contribution in [3.63, 3.8) is 0 Å². The summed E-state index contributed by atoms with van der Waals surface area (Å²) in [5, 5.41) is 0. The zero-order valence-electron chi connectivity index (χ0n) is 9.64. The SMILES string of the molecule is CC(C)CCN(CCCl)C1CCCC1. The Morgan fingerprint density at radius 1 is 1.21 bits per heavy atom. The van der Waals surface area contributed by atoms with E-state index in [4.69, 9.17) is 11.6 Å². The second-order valence-corrected chi connectivity index (χ2v) is 5.22. The van der Waals surface area contributed by atoms with Crippen LogP contribution in [0.3, 0.4) is 0 Å². The van der Waals surface area contributed by atoms with Crippen LogP contribution in [0.2, 0.25) is 0 Å². The van der Waals surface area contributed by atoms with Gasteiger partial charge in [-0.15, -0.1) is 11.6 Å². The molecule has 0 bridgehead atoms. The lowest BCUT2D eigenvalue weighted by molar-refractivity contribution is 0.199. The smallest absolute Gasteiger partial charge is 0.0351 e. The first-order valence-electron chi connectivity index (χ1n) is 6.04. The average Bonchev–Trinajstić information content (AvgIpc) is 2.64. The van der Waals surface area contributed by atoms with Gasteiger partial charge < -0.3 is 0 Å². The highest BCUT2D eigenvalue weighted by Gasteiger charge is 2.21. The van der Waals surface area contributed by atoms with Gasteiger partial charge in [-0.3, -0.25) is 4.90 Å². The first-order valence-corrected chi connectivity index (χ1v) is 6.57. The minimum Gasteiger partial charge on any atom is -0.299 e. The van der Waals surface area contributed by atoms with Crippen molar-refractivity contribution in [3.8, 4) is 0 Å². The van der Waals surface area contributed by atoms with Crippen LogP contribution < -0.4 is 0 Å². The maximum absolute atomic E-state index is 5.85. The maximum Gasteiger partial charge on any atom is 0.0351 e. The van der Waals surface area contributed by atoms with E-state index in [1.807, 2.05) is 0 Å². The molecule has 2 heteroatoms. The van der Waals surface area contributed by atoms with Gasteiger partial charge in [0.05, 0.1) is 0 Å². The van der Waals surface area contributed by atoms with Crippen LogP contribution in [0.25, 0.3) is 0 Å². The van der Waals surface area contributed by atoms with Crippen molar-refractivity contribution in [1.29, 1.82) is 0 Å². The number of hydrogen-bond acceptors (Lipinski definition) is 1. The molecule has 0 saturated heterocycles. The molecule has 0 atom stereocenters. The van der Waals surface area contributed by atoms with Gasteiger partial charge in [0.2, 0.25) is 0 Å². The maximum atomic E-state index is 5.85. The predicted molar refractivity (Wildman–Crippen MR) is 64.0 cm³/mol. The predicted octanol–water partition coefficient (Wildman–Crippen LogP) is 3.52. The van der Waals surface area contributed by atoms with Crippen molar-refractivity contribution < 1.29 is 0 Å². The molecular formula is C12H24ClN. The molecule has 1 nitrogen and oxygen atoms in total. The normalized spacial score (nSPS) is 18.6. The highest BCUT2D eigenvalue weighted by molar-refractivity contribution is 6.18. The van der Waals surface area contributed by atoms with Crippen LogP contribution in [0.15, 0.2) is 0 Å². The number of nitrogens with zero attached hydrogens (tertiary/aromatic N) is 1. The third-order valence-corrected chi connectivity index (χ3v) is 3.38. The lowest BCUT2D eigenvalue weighted by Gasteiger charge is -2.28.